The summed E-state index contributed by atoms with van der Waals surface area (Å²) in [6.07, 6.45) is 4.00. The van der Waals surface area contributed by atoms with Crippen LogP contribution in [-0.4, -0.2) is 29.7 Å². The predicted octanol–water partition coefficient (Wildman–Crippen LogP) is 2.59. The van der Waals surface area contributed by atoms with Gasteiger partial charge in [-0.3, -0.25) is 4.79 Å². The zero-order chi connectivity index (χ0) is 15.3. The Morgan fingerprint density at radius 3 is 2.35 bits per heavy atom. The molecule has 0 aromatic rings. The van der Waals surface area contributed by atoms with Gasteiger partial charge in [0, 0.05) is 6.04 Å². The van der Waals surface area contributed by atoms with Crippen LogP contribution in [0.1, 0.15) is 60.3 Å². The number of carbonyl (C=O) groups excluding carboxylic acids is 2. The number of hydrogen-bond acceptors (Lipinski definition) is 3. The van der Waals surface area contributed by atoms with Crippen LogP contribution >= 0.6 is 0 Å². The predicted molar refractivity (Wildman–Crippen MR) is 78.4 cm³/mol. The largest absolute Gasteiger partial charge is 0.444 e. The van der Waals surface area contributed by atoms with E-state index in [9.17, 15) is 9.59 Å². The second-order valence-corrected chi connectivity index (χ2v) is 6.74. The minimum Gasteiger partial charge on any atom is -0.444 e. The molecule has 2 N–H and O–H groups in total. The quantitative estimate of drug-likeness (QED) is 0.837. The number of amides is 2. The lowest BCUT2D eigenvalue weighted by atomic mass is 9.86. The van der Waals surface area contributed by atoms with Gasteiger partial charge in [0.2, 0.25) is 5.91 Å². The molecule has 116 valence electrons. The van der Waals surface area contributed by atoms with Crippen LogP contribution < -0.4 is 10.6 Å². The minimum absolute atomic E-state index is 0.144. The fourth-order valence-corrected chi connectivity index (χ4v) is 2.39. The van der Waals surface area contributed by atoms with Crippen molar-refractivity contribution in [2.45, 2.75) is 78.0 Å². The third-order valence-corrected chi connectivity index (χ3v) is 3.57. The van der Waals surface area contributed by atoms with Crippen molar-refractivity contribution in [2.75, 3.05) is 0 Å². The molecule has 1 aliphatic carbocycles. The van der Waals surface area contributed by atoms with Crippen LogP contribution in [0.2, 0.25) is 0 Å². The van der Waals surface area contributed by atoms with E-state index in [2.05, 4.69) is 17.6 Å². The lowest BCUT2D eigenvalue weighted by molar-refractivity contribution is -0.124. The van der Waals surface area contributed by atoms with E-state index < -0.39 is 17.7 Å². The molecule has 1 rings (SSSR count). The van der Waals surface area contributed by atoms with Crippen LogP contribution in [0.5, 0.6) is 0 Å². The Hall–Kier alpha value is -1.26. The first-order valence-corrected chi connectivity index (χ1v) is 7.49. The van der Waals surface area contributed by atoms with E-state index >= 15 is 0 Å². The molecule has 0 unspecified atom stereocenters. The maximum absolute atomic E-state index is 12.1. The monoisotopic (exact) mass is 284 g/mol. The summed E-state index contributed by atoms with van der Waals surface area (Å²) in [7, 11) is 0. The SMILES string of the molecule is C[C@H](NC(=O)OC(C)(C)C)C(=O)N[C@@H]1CCCC[C@H]1C. The summed E-state index contributed by atoms with van der Waals surface area (Å²) >= 11 is 0. The van der Waals surface area contributed by atoms with Gasteiger partial charge in [-0.05, 0) is 46.5 Å². The van der Waals surface area contributed by atoms with Gasteiger partial charge in [-0.15, -0.1) is 0 Å². The average molecular weight is 284 g/mol. The highest BCUT2D eigenvalue weighted by atomic mass is 16.6. The summed E-state index contributed by atoms with van der Waals surface area (Å²) < 4.78 is 5.14. The van der Waals surface area contributed by atoms with Gasteiger partial charge in [0.15, 0.2) is 0 Å². The Kier molecular flexibility index (Phi) is 5.84. The molecule has 0 spiro atoms. The Labute approximate surface area is 121 Å². The first kappa shape index (κ1) is 16.8. The third-order valence-electron chi connectivity index (χ3n) is 3.57. The fraction of sp³-hybridized carbons (Fsp3) is 0.867. The summed E-state index contributed by atoms with van der Waals surface area (Å²) in [4.78, 5) is 23.7. The third kappa shape index (κ3) is 5.80. The minimum atomic E-state index is -0.584. The molecule has 0 aromatic carbocycles. The molecule has 0 heterocycles. The Bertz CT molecular complexity index is 350. The molecule has 0 saturated heterocycles. The van der Waals surface area contributed by atoms with Gasteiger partial charge in [-0.2, -0.15) is 0 Å². The van der Waals surface area contributed by atoms with E-state index in [-0.39, 0.29) is 11.9 Å². The van der Waals surface area contributed by atoms with Crippen molar-refractivity contribution < 1.29 is 14.3 Å². The number of rotatable bonds is 3. The van der Waals surface area contributed by atoms with Crippen LogP contribution in [0.15, 0.2) is 0 Å². The van der Waals surface area contributed by atoms with Crippen molar-refractivity contribution in [3.8, 4) is 0 Å². The maximum Gasteiger partial charge on any atom is 0.408 e. The normalized spacial score (nSPS) is 24.6. The van der Waals surface area contributed by atoms with E-state index in [1.54, 1.807) is 27.7 Å². The second kappa shape index (κ2) is 6.95. The maximum atomic E-state index is 12.1. The molecule has 5 heteroatoms. The van der Waals surface area contributed by atoms with E-state index in [0.717, 1.165) is 19.3 Å². The second-order valence-electron chi connectivity index (χ2n) is 6.74. The number of nitrogens with one attached hydrogen (secondary N) is 2. The van der Waals surface area contributed by atoms with E-state index in [1.165, 1.54) is 6.42 Å². The molecule has 3 atom stereocenters. The molecule has 0 bridgehead atoms. The molecule has 5 nitrogen and oxygen atoms in total. The molecule has 0 radical (unpaired) electrons. The molecule has 2 amide bonds. The van der Waals surface area contributed by atoms with E-state index in [0.29, 0.717) is 5.92 Å². The first-order valence-electron chi connectivity index (χ1n) is 7.49. The molecule has 1 fully saturated rings. The van der Waals surface area contributed by atoms with Crippen LogP contribution in [0.3, 0.4) is 0 Å². The molecule has 0 aromatic heterocycles. The summed E-state index contributed by atoms with van der Waals surface area (Å²) in [5, 5.41) is 5.59. The van der Waals surface area contributed by atoms with Gasteiger partial charge < -0.3 is 15.4 Å². The van der Waals surface area contributed by atoms with E-state index in [1.807, 2.05) is 0 Å². The molecule has 1 saturated carbocycles. The van der Waals surface area contributed by atoms with Crippen molar-refractivity contribution in [1.29, 1.82) is 0 Å². The zero-order valence-electron chi connectivity index (χ0n) is 13.3. The van der Waals surface area contributed by atoms with Gasteiger partial charge in [0.05, 0.1) is 0 Å². The Morgan fingerprint density at radius 1 is 1.20 bits per heavy atom. The van der Waals surface area contributed by atoms with E-state index in [4.69, 9.17) is 4.74 Å². The van der Waals surface area contributed by atoms with Gasteiger partial charge in [0.1, 0.15) is 11.6 Å². The number of hydrogen-bond donors (Lipinski definition) is 2. The number of ether oxygens (including phenoxy) is 1. The summed E-state index contributed by atoms with van der Waals surface area (Å²) in [6.45, 7) is 9.21. The summed E-state index contributed by atoms with van der Waals surface area (Å²) in [5.74, 6) is 0.357. The first-order chi connectivity index (χ1) is 9.19. The Morgan fingerprint density at radius 2 is 1.80 bits per heavy atom. The van der Waals surface area contributed by atoms with Crippen molar-refractivity contribution >= 4 is 12.0 Å². The van der Waals surface area contributed by atoms with Crippen LogP contribution in [0, 0.1) is 5.92 Å². The standard InChI is InChI=1S/C15H28N2O3/c1-10-8-6-7-9-12(10)17-13(18)11(2)16-14(19)20-15(3,4)5/h10-12H,6-9H2,1-5H3,(H,16,19)(H,17,18)/t10-,11+,12-/m1/s1. The number of alkyl carbamates (subject to hydrolysis) is 1. The fourth-order valence-electron chi connectivity index (χ4n) is 2.39. The summed E-state index contributed by atoms with van der Waals surface area (Å²) in [5.41, 5.74) is -0.557. The highest BCUT2D eigenvalue weighted by Gasteiger charge is 2.26. The van der Waals surface area contributed by atoms with Gasteiger partial charge in [0.25, 0.3) is 0 Å². The Balaban J connectivity index is 2.40. The highest BCUT2D eigenvalue weighted by Crippen LogP contribution is 2.23. The van der Waals surface area contributed by atoms with Gasteiger partial charge in [-0.1, -0.05) is 19.8 Å². The number of carbonyl (C=O) groups is 2. The topological polar surface area (TPSA) is 67.4 Å². The molecule has 0 aliphatic heterocycles. The molecule has 1 aliphatic rings. The van der Waals surface area contributed by atoms with Crippen LogP contribution in [0.25, 0.3) is 0 Å². The van der Waals surface area contributed by atoms with Crippen LogP contribution in [-0.2, 0) is 9.53 Å². The smallest absolute Gasteiger partial charge is 0.408 e. The van der Waals surface area contributed by atoms with Crippen molar-refractivity contribution in [2.24, 2.45) is 5.92 Å². The molecule has 20 heavy (non-hydrogen) atoms. The average Bonchev–Trinajstić information content (AvgIpc) is 2.29. The lowest BCUT2D eigenvalue weighted by Crippen LogP contribution is -2.51. The van der Waals surface area contributed by atoms with Crippen molar-refractivity contribution in [3.63, 3.8) is 0 Å². The zero-order valence-corrected chi connectivity index (χ0v) is 13.3. The van der Waals surface area contributed by atoms with Crippen LogP contribution in [0.4, 0.5) is 4.79 Å². The molecular weight excluding hydrogens is 256 g/mol. The van der Waals surface area contributed by atoms with Crippen molar-refractivity contribution in [1.82, 2.24) is 10.6 Å². The molecular formula is C15H28N2O3. The lowest BCUT2D eigenvalue weighted by Gasteiger charge is -2.30. The summed E-state index contributed by atoms with van der Waals surface area (Å²) in [6, 6.07) is -0.363. The highest BCUT2D eigenvalue weighted by molar-refractivity contribution is 5.85. The van der Waals surface area contributed by atoms with Gasteiger partial charge in [-0.25, -0.2) is 4.79 Å². The van der Waals surface area contributed by atoms with Crippen molar-refractivity contribution in [3.05, 3.63) is 0 Å². The van der Waals surface area contributed by atoms with Gasteiger partial charge >= 0.3 is 6.09 Å².